The van der Waals surface area contributed by atoms with Crippen LogP contribution in [0.15, 0.2) is 29.2 Å². The molecule has 1 N–H and O–H groups in total. The summed E-state index contributed by atoms with van der Waals surface area (Å²) in [5, 5.41) is 11.0. The van der Waals surface area contributed by atoms with E-state index in [4.69, 9.17) is 22.5 Å². The number of rotatable bonds is 5. The molecule has 10 heteroatoms. The summed E-state index contributed by atoms with van der Waals surface area (Å²) < 4.78 is 55.3. The number of aryl methyl sites for hydroxylation is 1. The van der Waals surface area contributed by atoms with Crippen LogP contribution in [0.3, 0.4) is 0 Å². The average Bonchev–Trinajstić information content (AvgIpc) is 2.82. The molecule has 2 aliphatic heterocycles. The second-order valence-electron chi connectivity index (χ2n) is 10.7. The molecule has 0 radical (unpaired) electrons. The number of hydrogen-bond donors (Lipinski definition) is 1. The second kappa shape index (κ2) is 8.42. The first kappa shape index (κ1) is 25.8. The summed E-state index contributed by atoms with van der Waals surface area (Å²) in [4.78, 5) is 0.0159. The molecule has 182 valence electrons. The van der Waals surface area contributed by atoms with Gasteiger partial charge in [-0.3, -0.25) is 4.18 Å². The third-order valence-electron chi connectivity index (χ3n) is 6.29. The summed E-state index contributed by atoms with van der Waals surface area (Å²) in [5.74, 6) is 0. The number of fused-ring (bicyclic) bond motifs is 2. The molecule has 4 atom stereocenters. The highest BCUT2D eigenvalue weighted by molar-refractivity contribution is 7.86. The Balaban J connectivity index is 1.95. The molecule has 2 heterocycles. The Kier molecular flexibility index (Phi) is 6.78. The zero-order chi connectivity index (χ0) is 24.2. The molecule has 32 heavy (non-hydrogen) atoms. The lowest BCUT2D eigenvalue weighted by molar-refractivity contribution is -0.166. The number of hydrogen-bond acceptors (Lipinski definition) is 8. The van der Waals surface area contributed by atoms with E-state index < -0.39 is 49.4 Å². The zero-order valence-electron chi connectivity index (χ0n) is 20.2. The lowest BCUT2D eigenvalue weighted by Crippen LogP contribution is -2.62. The predicted molar refractivity (Wildman–Crippen MR) is 121 cm³/mol. The number of benzene rings is 1. The maximum absolute atomic E-state index is 12.8. The third-order valence-corrected chi connectivity index (χ3v) is 12.7. The summed E-state index contributed by atoms with van der Waals surface area (Å²) in [6.07, 6.45) is -2.72. The van der Waals surface area contributed by atoms with Crippen LogP contribution >= 0.6 is 0 Å². The van der Waals surface area contributed by atoms with Gasteiger partial charge in [0, 0.05) is 17.2 Å². The standard InChI is InChI=1S/C22H36O8SSi/c1-15-9-11-16(12-10-15)31(24,25)27-14-22(23)17-13-28-32(20(2,3)4,21(5,6)7)30-18(22)19(26-8)29-17/h9-12,17-19,23H,13-14H2,1-8H3/t17-,18+,19+,22-/m1/s1. The molecule has 0 amide bonds. The minimum absolute atomic E-state index is 0.0159. The highest BCUT2D eigenvalue weighted by Gasteiger charge is 2.68. The Bertz CT molecular complexity index is 905. The molecule has 0 saturated carbocycles. The summed E-state index contributed by atoms with van der Waals surface area (Å²) in [7, 11) is -5.64. The summed E-state index contributed by atoms with van der Waals surface area (Å²) in [5.41, 5.74) is -0.846. The molecule has 1 aromatic rings. The molecule has 2 aliphatic rings. The van der Waals surface area contributed by atoms with E-state index in [1.54, 1.807) is 12.1 Å². The van der Waals surface area contributed by atoms with Gasteiger partial charge in [0.15, 0.2) is 6.29 Å². The summed E-state index contributed by atoms with van der Waals surface area (Å²) >= 11 is 0. The lowest BCUT2D eigenvalue weighted by Gasteiger charge is -2.50. The van der Waals surface area contributed by atoms with Gasteiger partial charge in [0.1, 0.15) is 24.4 Å². The fourth-order valence-corrected chi connectivity index (χ4v) is 10.6. The fraction of sp³-hybridized carbons (Fsp3) is 0.727. The molecule has 3 rings (SSSR count). The van der Waals surface area contributed by atoms with Crippen molar-refractivity contribution in [2.45, 2.75) is 87.5 Å². The van der Waals surface area contributed by atoms with Crippen LogP contribution in [-0.4, -0.2) is 66.5 Å². The molecule has 0 spiro atoms. The predicted octanol–water partition coefficient (Wildman–Crippen LogP) is 3.26. The Labute approximate surface area is 192 Å². The van der Waals surface area contributed by atoms with Gasteiger partial charge in [-0.1, -0.05) is 59.2 Å². The van der Waals surface area contributed by atoms with E-state index in [9.17, 15) is 13.5 Å². The van der Waals surface area contributed by atoms with Crippen LogP contribution in [0.1, 0.15) is 47.1 Å². The maximum Gasteiger partial charge on any atom is 0.349 e. The van der Waals surface area contributed by atoms with Crippen LogP contribution in [0.2, 0.25) is 10.1 Å². The molecule has 2 bridgehead atoms. The molecule has 0 aliphatic carbocycles. The highest BCUT2D eigenvalue weighted by atomic mass is 32.2. The number of methoxy groups -OCH3 is 1. The van der Waals surface area contributed by atoms with Crippen molar-refractivity contribution in [2.75, 3.05) is 20.3 Å². The normalized spacial score (nSPS) is 30.8. The van der Waals surface area contributed by atoms with Crippen LogP contribution in [0.5, 0.6) is 0 Å². The SMILES string of the molecule is CO[C@H]1O[C@@H]2CO[Si](C(C)(C)C)(C(C)(C)C)O[C@@H]1[C@@]2(O)COS(=O)(=O)c1ccc(C)cc1. The summed E-state index contributed by atoms with van der Waals surface area (Å²) in [6.45, 7) is 13.7. The van der Waals surface area contributed by atoms with Crippen molar-refractivity contribution in [3.8, 4) is 0 Å². The molecule has 0 unspecified atom stereocenters. The van der Waals surface area contributed by atoms with Crippen LogP contribution < -0.4 is 0 Å². The topological polar surface area (TPSA) is 101 Å². The van der Waals surface area contributed by atoms with E-state index in [0.717, 1.165) is 5.56 Å². The van der Waals surface area contributed by atoms with Gasteiger partial charge in [0.25, 0.3) is 10.1 Å². The van der Waals surface area contributed by atoms with Crippen molar-refractivity contribution in [1.82, 2.24) is 0 Å². The molecular weight excluding hydrogens is 452 g/mol. The zero-order valence-corrected chi connectivity index (χ0v) is 22.0. The Morgan fingerprint density at radius 3 is 2.19 bits per heavy atom. The van der Waals surface area contributed by atoms with Crippen LogP contribution in [0.4, 0.5) is 0 Å². The smallest absolute Gasteiger partial charge is 0.349 e. The monoisotopic (exact) mass is 488 g/mol. The van der Waals surface area contributed by atoms with Gasteiger partial charge in [-0.2, -0.15) is 8.42 Å². The fourth-order valence-electron chi connectivity index (χ4n) is 4.73. The first-order valence-electron chi connectivity index (χ1n) is 10.8. The van der Waals surface area contributed by atoms with Crippen molar-refractivity contribution >= 4 is 18.7 Å². The Morgan fingerprint density at radius 1 is 1.12 bits per heavy atom. The lowest BCUT2D eigenvalue weighted by atomic mass is 9.94. The highest BCUT2D eigenvalue weighted by Crippen LogP contribution is 2.56. The largest absolute Gasteiger partial charge is 0.391 e. The molecule has 2 fully saturated rings. The molecule has 1 aromatic carbocycles. The number of aliphatic hydroxyl groups is 1. The van der Waals surface area contributed by atoms with Gasteiger partial charge in [0.05, 0.1) is 11.5 Å². The van der Waals surface area contributed by atoms with Gasteiger partial charge in [0.2, 0.25) is 0 Å². The van der Waals surface area contributed by atoms with E-state index in [2.05, 4.69) is 41.5 Å². The van der Waals surface area contributed by atoms with Gasteiger partial charge in [-0.25, -0.2) is 0 Å². The minimum Gasteiger partial charge on any atom is -0.391 e. The van der Waals surface area contributed by atoms with Crippen LogP contribution in [0, 0.1) is 6.92 Å². The van der Waals surface area contributed by atoms with Crippen molar-refractivity contribution < 1.29 is 36.0 Å². The van der Waals surface area contributed by atoms with Crippen molar-refractivity contribution in [3.05, 3.63) is 29.8 Å². The van der Waals surface area contributed by atoms with Gasteiger partial charge >= 0.3 is 8.56 Å². The first-order chi connectivity index (χ1) is 14.6. The van der Waals surface area contributed by atoms with Gasteiger partial charge in [-0.15, -0.1) is 0 Å². The summed E-state index contributed by atoms with van der Waals surface area (Å²) in [6, 6.07) is 6.32. The quantitative estimate of drug-likeness (QED) is 0.498. The van der Waals surface area contributed by atoms with Crippen LogP contribution in [0.25, 0.3) is 0 Å². The van der Waals surface area contributed by atoms with E-state index in [0.29, 0.717) is 0 Å². The van der Waals surface area contributed by atoms with Crippen molar-refractivity contribution in [2.24, 2.45) is 0 Å². The second-order valence-corrected chi connectivity index (χ2v) is 17.1. The Morgan fingerprint density at radius 2 is 1.69 bits per heavy atom. The average molecular weight is 489 g/mol. The van der Waals surface area contributed by atoms with Gasteiger partial charge < -0.3 is 23.4 Å². The van der Waals surface area contributed by atoms with Crippen LogP contribution in [-0.2, 0) is 32.6 Å². The van der Waals surface area contributed by atoms with Crippen molar-refractivity contribution in [1.29, 1.82) is 0 Å². The van der Waals surface area contributed by atoms with Gasteiger partial charge in [-0.05, 0) is 19.1 Å². The maximum atomic E-state index is 12.8. The number of ether oxygens (including phenoxy) is 2. The minimum atomic E-state index is -4.10. The molecule has 8 nitrogen and oxygen atoms in total. The molecule has 2 saturated heterocycles. The molecular formula is C22H36O8SSi. The van der Waals surface area contributed by atoms with E-state index in [1.165, 1.54) is 19.2 Å². The van der Waals surface area contributed by atoms with Crippen molar-refractivity contribution in [3.63, 3.8) is 0 Å². The third kappa shape index (κ3) is 4.32. The molecule has 0 aromatic heterocycles. The first-order valence-corrected chi connectivity index (χ1v) is 14.0. The Hall–Kier alpha value is -0.853. The van der Waals surface area contributed by atoms with E-state index in [-0.39, 0.29) is 21.6 Å². The van der Waals surface area contributed by atoms with E-state index >= 15 is 0 Å². The van der Waals surface area contributed by atoms with E-state index in [1.807, 2.05) is 6.92 Å².